The summed E-state index contributed by atoms with van der Waals surface area (Å²) in [6.45, 7) is 8.18. The van der Waals surface area contributed by atoms with Gasteiger partial charge >= 0.3 is 8.80 Å². The molecule has 0 atom stereocenters. The van der Waals surface area contributed by atoms with Crippen molar-refractivity contribution in [1.29, 1.82) is 0 Å². The predicted octanol–water partition coefficient (Wildman–Crippen LogP) is 1.20. The second-order valence-corrected chi connectivity index (χ2v) is 5.06. The van der Waals surface area contributed by atoms with E-state index in [1.165, 1.54) is 0 Å². The van der Waals surface area contributed by atoms with Gasteiger partial charge in [0.05, 0.1) is 0 Å². The second kappa shape index (κ2) is 9.47. The Morgan fingerprint density at radius 3 is 1.86 bits per heavy atom. The summed E-state index contributed by atoms with van der Waals surface area (Å²) in [4.78, 5) is 11.0. The van der Waals surface area contributed by atoms with Crippen molar-refractivity contribution in [2.45, 2.75) is 33.7 Å². The third-order valence-electron chi connectivity index (χ3n) is 1.40. The molecule has 1 radical (unpaired) electrons. The van der Waals surface area contributed by atoms with Crippen molar-refractivity contribution in [3.05, 3.63) is 0 Å². The minimum Gasteiger partial charge on any atom is -0.473 e. The van der Waals surface area contributed by atoms with E-state index in [1.807, 2.05) is 13.8 Å². The van der Waals surface area contributed by atoms with Crippen LogP contribution in [0.4, 0.5) is 0 Å². The maximum Gasteiger partial charge on any atom is 0.564 e. The van der Waals surface area contributed by atoms with E-state index in [4.69, 9.17) is 13.3 Å². The van der Waals surface area contributed by atoms with Crippen LogP contribution in [0.25, 0.3) is 0 Å². The first-order chi connectivity index (χ1) is 6.08. The third-order valence-corrected chi connectivity index (χ3v) is 3.63. The number of hydrogen-bond acceptors (Lipinski definition) is 4. The first-order valence-corrected chi connectivity index (χ1v) is 6.80. The van der Waals surface area contributed by atoms with Crippen molar-refractivity contribution in [1.82, 2.24) is 0 Å². The molecule has 4 nitrogen and oxygen atoms in total. The van der Waals surface area contributed by atoms with Gasteiger partial charge in [-0.15, -0.1) is 0 Å². The van der Waals surface area contributed by atoms with E-state index in [-0.39, 0.29) is 57.4 Å². The van der Waals surface area contributed by atoms with Crippen LogP contribution in [-0.4, -0.2) is 79.4 Å². The molecule has 0 rings (SSSR count). The van der Waals surface area contributed by atoms with Crippen molar-refractivity contribution in [3.63, 3.8) is 0 Å². The molecule has 0 aliphatic carbocycles. The van der Waals surface area contributed by atoms with Crippen LogP contribution in [0.15, 0.2) is 0 Å². The Kier molecular flexibility index (Phi) is 11.9. The second-order valence-electron chi connectivity index (χ2n) is 2.56. The van der Waals surface area contributed by atoms with E-state index in [1.54, 1.807) is 13.5 Å². The summed E-state index contributed by atoms with van der Waals surface area (Å²) >= 11 is 0. The number of carbonyl (C=O) groups is 1. The number of carbonyl (C=O) groups excluding carboxylic acids is 1. The Bertz CT molecular complexity index is 159. The average molecular weight is 245 g/mol. The van der Waals surface area contributed by atoms with Crippen molar-refractivity contribution in [3.8, 4) is 0 Å². The largest absolute Gasteiger partial charge is 0.564 e. The Balaban J connectivity index is 0. The van der Waals surface area contributed by atoms with Crippen molar-refractivity contribution < 1.29 is 18.1 Å². The van der Waals surface area contributed by atoms with Gasteiger partial charge in [-0.25, -0.2) is 0 Å². The zero-order chi connectivity index (χ0) is 10.3. The Labute approximate surface area is 129 Å². The molecule has 6 heteroatoms. The standard InChI is InChI=1S/C8H18O4Si.K/c1-5-8(9)12-13(4,10-6-2)11-7-3;/h5-7H2,1-4H3;. The maximum absolute atomic E-state index is 11.0. The van der Waals surface area contributed by atoms with Crippen LogP contribution in [0.3, 0.4) is 0 Å². The van der Waals surface area contributed by atoms with E-state index in [0.29, 0.717) is 19.6 Å². The zero-order valence-corrected chi connectivity index (χ0v) is 13.9. The maximum atomic E-state index is 11.0. The number of rotatable bonds is 6. The zero-order valence-electron chi connectivity index (χ0n) is 9.75. The van der Waals surface area contributed by atoms with Crippen LogP contribution >= 0.6 is 0 Å². The summed E-state index contributed by atoms with van der Waals surface area (Å²) in [5, 5.41) is 0. The molecule has 0 amide bonds. The summed E-state index contributed by atoms with van der Waals surface area (Å²) in [5.41, 5.74) is 0. The summed E-state index contributed by atoms with van der Waals surface area (Å²) < 4.78 is 15.8. The van der Waals surface area contributed by atoms with Crippen molar-refractivity contribution in [2.24, 2.45) is 0 Å². The van der Waals surface area contributed by atoms with E-state index in [9.17, 15) is 4.79 Å². The molecule has 0 spiro atoms. The molecule has 0 aliphatic rings. The van der Waals surface area contributed by atoms with Gasteiger partial charge in [0.1, 0.15) is 0 Å². The Morgan fingerprint density at radius 1 is 1.14 bits per heavy atom. The SMILES string of the molecule is CCO[Si](C)(OCC)OC(=O)CC.[K]. The molecule has 0 aromatic heterocycles. The van der Waals surface area contributed by atoms with Crippen LogP contribution in [0.2, 0.25) is 6.55 Å². The van der Waals surface area contributed by atoms with Gasteiger partial charge in [0, 0.05) is 77.6 Å². The normalized spacial score (nSPS) is 10.6. The Morgan fingerprint density at radius 2 is 1.57 bits per heavy atom. The van der Waals surface area contributed by atoms with Gasteiger partial charge in [-0.1, -0.05) is 6.92 Å². The van der Waals surface area contributed by atoms with Gasteiger partial charge in [0.2, 0.25) is 0 Å². The minimum absolute atomic E-state index is 0. The molecular weight excluding hydrogens is 227 g/mol. The van der Waals surface area contributed by atoms with E-state index in [2.05, 4.69) is 0 Å². The molecule has 0 heterocycles. The van der Waals surface area contributed by atoms with Gasteiger partial charge in [0.15, 0.2) is 0 Å². The molecular formula is C8H18KO4Si. The summed E-state index contributed by atoms with van der Waals surface area (Å²) in [5.74, 6) is -0.268. The van der Waals surface area contributed by atoms with Crippen LogP contribution in [0.5, 0.6) is 0 Å². The quantitative estimate of drug-likeness (QED) is 0.660. The number of hydrogen-bond donors (Lipinski definition) is 0. The van der Waals surface area contributed by atoms with Crippen molar-refractivity contribution in [2.75, 3.05) is 13.2 Å². The predicted molar refractivity (Wildman–Crippen MR) is 57.0 cm³/mol. The van der Waals surface area contributed by atoms with E-state index in [0.717, 1.165) is 0 Å². The van der Waals surface area contributed by atoms with Gasteiger partial charge in [-0.3, -0.25) is 4.79 Å². The molecule has 0 aromatic rings. The van der Waals surface area contributed by atoms with Gasteiger partial charge in [-0.05, 0) is 13.8 Å². The topological polar surface area (TPSA) is 44.8 Å². The molecule has 0 saturated heterocycles. The fourth-order valence-electron chi connectivity index (χ4n) is 0.904. The monoisotopic (exact) mass is 245 g/mol. The summed E-state index contributed by atoms with van der Waals surface area (Å²) in [6, 6.07) is 0. The molecule has 0 unspecified atom stereocenters. The fourth-order valence-corrected chi connectivity index (χ4v) is 2.71. The molecule has 0 N–H and O–H groups in total. The molecule has 0 aromatic carbocycles. The van der Waals surface area contributed by atoms with Crippen molar-refractivity contribution >= 4 is 66.2 Å². The average Bonchev–Trinajstić information content (AvgIpc) is 2.04. The molecule has 0 bridgehead atoms. The van der Waals surface area contributed by atoms with Gasteiger partial charge < -0.3 is 13.3 Å². The van der Waals surface area contributed by atoms with E-state index < -0.39 is 8.80 Å². The minimum atomic E-state index is -2.68. The van der Waals surface area contributed by atoms with Crippen LogP contribution in [0, 0.1) is 0 Å². The van der Waals surface area contributed by atoms with E-state index >= 15 is 0 Å². The van der Waals surface area contributed by atoms with Crippen LogP contribution in [-0.2, 0) is 18.1 Å². The summed E-state index contributed by atoms with van der Waals surface area (Å²) in [7, 11) is -2.68. The molecule has 0 aliphatic heterocycles. The first-order valence-electron chi connectivity index (χ1n) is 4.57. The van der Waals surface area contributed by atoms with Crippen LogP contribution in [0.1, 0.15) is 27.2 Å². The fraction of sp³-hybridized carbons (Fsp3) is 0.875. The Hall–Kier alpha value is 1.24. The first kappa shape index (κ1) is 17.6. The molecule has 0 saturated carbocycles. The van der Waals surface area contributed by atoms with Gasteiger partial charge in [0.25, 0.3) is 5.97 Å². The van der Waals surface area contributed by atoms with Crippen LogP contribution < -0.4 is 0 Å². The third kappa shape index (κ3) is 7.52. The molecule has 0 fully saturated rings. The summed E-state index contributed by atoms with van der Waals surface area (Å²) in [6.07, 6.45) is 0.350. The molecule has 79 valence electrons. The molecule has 14 heavy (non-hydrogen) atoms. The van der Waals surface area contributed by atoms with Gasteiger partial charge in [-0.2, -0.15) is 0 Å². The smallest absolute Gasteiger partial charge is 0.473 e.